The lowest BCUT2D eigenvalue weighted by molar-refractivity contribution is -0.149. The molecule has 1 aliphatic rings. The fraction of sp³-hybridized carbons (Fsp3) is 0.545. The largest absolute Gasteiger partial charge is 0.481 e. The number of aromatic amines is 1. The molecular weight excluding hydrogens is 356 g/mol. The van der Waals surface area contributed by atoms with Crippen molar-refractivity contribution in [3.05, 3.63) is 34.0 Å². The van der Waals surface area contributed by atoms with Gasteiger partial charge in [-0.1, -0.05) is 20.3 Å². The minimum atomic E-state index is -0.883. The van der Waals surface area contributed by atoms with Gasteiger partial charge in [0, 0.05) is 12.0 Å². The Bertz CT molecular complexity index is 925. The van der Waals surface area contributed by atoms with Crippen LogP contribution in [0.2, 0.25) is 0 Å². The van der Waals surface area contributed by atoms with Gasteiger partial charge in [0.25, 0.3) is 0 Å². The van der Waals surface area contributed by atoms with E-state index in [0.29, 0.717) is 38.2 Å². The highest BCUT2D eigenvalue weighted by molar-refractivity contribution is 5.94. The van der Waals surface area contributed by atoms with Gasteiger partial charge < -0.3 is 19.6 Å². The summed E-state index contributed by atoms with van der Waals surface area (Å²) in [6, 6.07) is 4.24. The topological polar surface area (TPSA) is 95.3 Å². The van der Waals surface area contributed by atoms with Gasteiger partial charge in [-0.3, -0.25) is 4.79 Å². The molecule has 28 heavy (non-hydrogen) atoms. The molecule has 0 fully saturated rings. The molecule has 6 heteroatoms. The van der Waals surface area contributed by atoms with Crippen LogP contribution in [0.1, 0.15) is 67.5 Å². The molecule has 1 unspecified atom stereocenters. The smallest absolute Gasteiger partial charge is 0.306 e. The molecule has 1 aromatic heterocycles. The number of aromatic nitrogens is 1. The Labute approximate surface area is 165 Å². The van der Waals surface area contributed by atoms with Gasteiger partial charge in [0.05, 0.1) is 42.5 Å². The van der Waals surface area contributed by atoms with Gasteiger partial charge >= 0.3 is 5.97 Å². The van der Waals surface area contributed by atoms with Crippen molar-refractivity contribution in [2.75, 3.05) is 13.2 Å². The summed E-state index contributed by atoms with van der Waals surface area (Å²) in [7, 11) is 0. The number of nitriles is 1. The lowest BCUT2D eigenvalue weighted by atomic mass is 9.84. The number of nitrogens with zero attached hydrogens (tertiary/aromatic N) is 1. The van der Waals surface area contributed by atoms with Crippen molar-refractivity contribution < 1.29 is 19.4 Å². The molecule has 0 spiro atoms. The van der Waals surface area contributed by atoms with Crippen LogP contribution in [-0.4, -0.2) is 29.3 Å². The molecule has 1 aliphatic heterocycles. The van der Waals surface area contributed by atoms with Gasteiger partial charge in [-0.05, 0) is 48.9 Å². The minimum Gasteiger partial charge on any atom is -0.481 e. The minimum absolute atomic E-state index is 0.0892. The summed E-state index contributed by atoms with van der Waals surface area (Å²) in [4.78, 5) is 15.1. The van der Waals surface area contributed by atoms with Crippen LogP contribution in [0.3, 0.4) is 0 Å². The molecule has 6 nitrogen and oxygen atoms in total. The van der Waals surface area contributed by atoms with Crippen LogP contribution in [0.25, 0.3) is 10.9 Å². The molecule has 2 N–H and O–H groups in total. The Kier molecular flexibility index (Phi) is 6.07. The number of hydrogen-bond donors (Lipinski definition) is 2. The van der Waals surface area contributed by atoms with E-state index in [-0.39, 0.29) is 6.42 Å². The van der Waals surface area contributed by atoms with Gasteiger partial charge in [-0.15, -0.1) is 0 Å². The van der Waals surface area contributed by atoms with E-state index < -0.39 is 11.6 Å². The summed E-state index contributed by atoms with van der Waals surface area (Å²) in [6.45, 7) is 7.70. The van der Waals surface area contributed by atoms with Crippen molar-refractivity contribution >= 4 is 16.9 Å². The second-order valence-corrected chi connectivity index (χ2v) is 7.51. The molecule has 0 saturated carbocycles. The number of H-pyrrole nitrogens is 1. The van der Waals surface area contributed by atoms with Crippen LogP contribution < -0.4 is 0 Å². The fourth-order valence-corrected chi connectivity index (χ4v) is 4.33. The normalized spacial score (nSPS) is 18.8. The molecule has 0 saturated heterocycles. The maximum Gasteiger partial charge on any atom is 0.306 e. The SMILES string of the molecule is CCCOCc1cc(C#N)c2c3c([nH]c2c1C)C(CCC)(CC(=O)O)OCC3. The first-order valence-electron chi connectivity index (χ1n) is 9.98. The summed E-state index contributed by atoms with van der Waals surface area (Å²) in [5.41, 5.74) is 4.51. The van der Waals surface area contributed by atoms with Crippen LogP contribution in [0.15, 0.2) is 6.07 Å². The van der Waals surface area contributed by atoms with Crippen LogP contribution in [-0.2, 0) is 32.9 Å². The van der Waals surface area contributed by atoms with Crippen molar-refractivity contribution in [2.45, 2.75) is 65.1 Å². The summed E-state index contributed by atoms with van der Waals surface area (Å²) in [5.74, 6) is -0.883. The Morgan fingerprint density at radius 1 is 1.43 bits per heavy atom. The molecule has 1 aromatic carbocycles. The number of carbonyl (C=O) groups is 1. The van der Waals surface area contributed by atoms with Crippen molar-refractivity contribution in [3.8, 4) is 6.07 Å². The number of benzene rings is 1. The lowest BCUT2D eigenvalue weighted by Crippen LogP contribution is -2.37. The number of ether oxygens (including phenoxy) is 2. The Morgan fingerprint density at radius 3 is 2.86 bits per heavy atom. The van der Waals surface area contributed by atoms with Crippen LogP contribution >= 0.6 is 0 Å². The van der Waals surface area contributed by atoms with E-state index in [0.717, 1.165) is 46.1 Å². The second-order valence-electron chi connectivity index (χ2n) is 7.51. The van der Waals surface area contributed by atoms with E-state index >= 15 is 0 Å². The molecule has 3 rings (SSSR count). The monoisotopic (exact) mass is 384 g/mol. The fourth-order valence-electron chi connectivity index (χ4n) is 4.33. The third-order valence-electron chi connectivity index (χ3n) is 5.55. The van der Waals surface area contributed by atoms with Gasteiger partial charge in [-0.25, -0.2) is 0 Å². The van der Waals surface area contributed by atoms with E-state index in [9.17, 15) is 15.2 Å². The summed E-state index contributed by atoms with van der Waals surface area (Å²) < 4.78 is 11.8. The van der Waals surface area contributed by atoms with Crippen LogP contribution in [0.5, 0.6) is 0 Å². The molecule has 2 heterocycles. The zero-order valence-electron chi connectivity index (χ0n) is 16.9. The zero-order valence-corrected chi connectivity index (χ0v) is 16.9. The van der Waals surface area contributed by atoms with Crippen molar-refractivity contribution in [3.63, 3.8) is 0 Å². The maximum atomic E-state index is 11.6. The molecule has 2 aromatic rings. The summed E-state index contributed by atoms with van der Waals surface area (Å²) in [6.07, 6.45) is 2.94. The van der Waals surface area contributed by atoms with Gasteiger partial charge in [-0.2, -0.15) is 5.26 Å². The maximum absolute atomic E-state index is 11.6. The highest BCUT2D eigenvalue weighted by atomic mass is 16.5. The first-order valence-corrected chi connectivity index (χ1v) is 9.98. The van der Waals surface area contributed by atoms with E-state index in [1.807, 2.05) is 19.9 Å². The molecule has 0 radical (unpaired) electrons. The Hall–Kier alpha value is -2.36. The third kappa shape index (κ3) is 3.52. The average Bonchev–Trinajstić information content (AvgIpc) is 3.05. The molecule has 0 amide bonds. The number of carboxylic acids is 1. The van der Waals surface area contributed by atoms with E-state index in [2.05, 4.69) is 18.0 Å². The molecular formula is C22H28N2O4. The molecule has 1 atom stereocenters. The van der Waals surface area contributed by atoms with E-state index in [1.165, 1.54) is 0 Å². The van der Waals surface area contributed by atoms with Crippen LogP contribution in [0.4, 0.5) is 0 Å². The number of rotatable bonds is 8. The molecule has 0 aliphatic carbocycles. The van der Waals surface area contributed by atoms with Crippen LogP contribution in [0, 0.1) is 18.3 Å². The quantitative estimate of drug-likeness (QED) is 0.661. The van der Waals surface area contributed by atoms with Gasteiger partial charge in [0.1, 0.15) is 5.60 Å². The number of aliphatic carboxylic acids is 1. The molecule has 150 valence electrons. The first kappa shape index (κ1) is 20.4. The number of carboxylic acid groups (broad SMARTS) is 1. The highest BCUT2D eigenvalue weighted by Crippen LogP contribution is 2.44. The Balaban J connectivity index is 2.21. The first-order chi connectivity index (χ1) is 13.5. The third-order valence-corrected chi connectivity index (χ3v) is 5.55. The Morgan fingerprint density at radius 2 is 2.21 bits per heavy atom. The van der Waals surface area contributed by atoms with Crippen molar-refractivity contribution in [1.82, 2.24) is 4.98 Å². The summed E-state index contributed by atoms with van der Waals surface area (Å²) in [5, 5.41) is 20.2. The second kappa shape index (κ2) is 8.34. The highest BCUT2D eigenvalue weighted by Gasteiger charge is 2.42. The van der Waals surface area contributed by atoms with E-state index in [4.69, 9.17) is 9.47 Å². The number of nitrogens with one attached hydrogen (secondary N) is 1. The predicted molar refractivity (Wildman–Crippen MR) is 106 cm³/mol. The van der Waals surface area contributed by atoms with Gasteiger partial charge in [0.15, 0.2) is 0 Å². The standard InChI is InChI=1S/C22H28N2O4/c1-4-7-22(11-18(25)26)21-17(6-9-28-22)19-15(12-23)10-16(13-27-8-5-2)14(3)20(19)24-21/h10,24H,4-9,11,13H2,1-3H3,(H,25,26). The van der Waals surface area contributed by atoms with Crippen molar-refractivity contribution in [2.24, 2.45) is 0 Å². The predicted octanol–water partition coefficient (Wildman–Crippen LogP) is 4.32. The number of hydrogen-bond acceptors (Lipinski definition) is 4. The lowest BCUT2D eigenvalue weighted by Gasteiger charge is -2.36. The number of aryl methyl sites for hydroxylation is 1. The molecule has 0 bridgehead atoms. The van der Waals surface area contributed by atoms with Crippen molar-refractivity contribution in [1.29, 1.82) is 5.26 Å². The summed E-state index contributed by atoms with van der Waals surface area (Å²) >= 11 is 0. The van der Waals surface area contributed by atoms with Gasteiger partial charge in [0.2, 0.25) is 0 Å². The van der Waals surface area contributed by atoms with E-state index in [1.54, 1.807) is 0 Å². The zero-order chi connectivity index (χ0) is 20.3. The number of fused-ring (bicyclic) bond motifs is 3. The average molecular weight is 384 g/mol.